The molecular weight excluding hydrogens is 334 g/mol. The Labute approximate surface area is 153 Å². The molecule has 0 aliphatic carbocycles. The lowest BCUT2D eigenvalue weighted by molar-refractivity contribution is -0.131. The van der Waals surface area contributed by atoms with Crippen molar-refractivity contribution in [3.8, 4) is 0 Å². The van der Waals surface area contributed by atoms with E-state index in [1.54, 1.807) is 12.5 Å². The van der Waals surface area contributed by atoms with Gasteiger partial charge in [0, 0.05) is 49.7 Å². The van der Waals surface area contributed by atoms with Crippen molar-refractivity contribution in [2.24, 2.45) is 5.92 Å². The molecule has 8 nitrogen and oxygen atoms in total. The van der Waals surface area contributed by atoms with Crippen molar-refractivity contribution < 1.29 is 14.1 Å². The molecule has 0 spiro atoms. The van der Waals surface area contributed by atoms with Crippen LogP contribution in [-0.2, 0) is 22.4 Å². The average molecular weight is 359 g/mol. The van der Waals surface area contributed by atoms with E-state index in [4.69, 9.17) is 9.26 Å². The zero-order valence-electron chi connectivity index (χ0n) is 15.3. The van der Waals surface area contributed by atoms with E-state index in [2.05, 4.69) is 20.1 Å². The molecule has 0 radical (unpaired) electrons. The maximum atomic E-state index is 12.6. The molecule has 2 aromatic heterocycles. The Kier molecular flexibility index (Phi) is 6.27. The summed E-state index contributed by atoms with van der Waals surface area (Å²) in [5.74, 6) is 1.74. The fraction of sp³-hybridized carbons (Fsp3) is 0.611. The molecule has 0 aromatic carbocycles. The largest absolute Gasteiger partial charge is 0.379 e. The Hall–Kier alpha value is -2.35. The second-order valence-electron chi connectivity index (χ2n) is 6.89. The van der Waals surface area contributed by atoms with E-state index in [9.17, 15) is 4.79 Å². The summed E-state index contributed by atoms with van der Waals surface area (Å²) in [6.07, 6.45) is 4.88. The standard InChI is InChI=1S/C18H25N5O3/c1-13(2)18-21-16(26-22-18)3-4-17(24)23-7-8-25-11-14(10-23)9-15-5-6-19-12-20-15/h5-6,12-14H,3-4,7-11H2,1-2H3/t14-/m1/s1. The van der Waals surface area contributed by atoms with Crippen molar-refractivity contribution in [2.75, 3.05) is 26.3 Å². The Morgan fingerprint density at radius 2 is 2.31 bits per heavy atom. The topological polar surface area (TPSA) is 94.2 Å². The first-order chi connectivity index (χ1) is 12.6. The van der Waals surface area contributed by atoms with Gasteiger partial charge in [0.25, 0.3) is 0 Å². The SMILES string of the molecule is CC(C)c1noc(CCC(=O)N2CCOC[C@H](Cc3ccncn3)C2)n1. The fourth-order valence-corrected chi connectivity index (χ4v) is 2.94. The van der Waals surface area contributed by atoms with Gasteiger partial charge in [-0.05, 0) is 12.5 Å². The van der Waals surface area contributed by atoms with Crippen molar-refractivity contribution in [1.29, 1.82) is 0 Å². The first-order valence-electron chi connectivity index (χ1n) is 9.04. The van der Waals surface area contributed by atoms with Gasteiger partial charge in [0.1, 0.15) is 6.33 Å². The van der Waals surface area contributed by atoms with Crippen LogP contribution in [0.1, 0.15) is 43.6 Å². The van der Waals surface area contributed by atoms with Crippen molar-refractivity contribution in [3.63, 3.8) is 0 Å². The molecule has 3 rings (SSSR count). The zero-order chi connectivity index (χ0) is 18.4. The molecule has 1 aliphatic rings. The molecule has 0 unspecified atom stereocenters. The predicted octanol–water partition coefficient (Wildman–Crippen LogP) is 1.63. The maximum absolute atomic E-state index is 12.6. The van der Waals surface area contributed by atoms with Crippen LogP contribution >= 0.6 is 0 Å². The normalized spacial score (nSPS) is 18.1. The van der Waals surface area contributed by atoms with Crippen LogP contribution in [0.4, 0.5) is 0 Å². The Morgan fingerprint density at radius 3 is 3.04 bits per heavy atom. The molecule has 140 valence electrons. The minimum absolute atomic E-state index is 0.0903. The van der Waals surface area contributed by atoms with Crippen LogP contribution in [0.2, 0.25) is 0 Å². The molecule has 1 amide bonds. The molecule has 0 N–H and O–H groups in total. The van der Waals surface area contributed by atoms with E-state index < -0.39 is 0 Å². The molecule has 0 saturated carbocycles. The number of hydrogen-bond donors (Lipinski definition) is 0. The van der Waals surface area contributed by atoms with Gasteiger partial charge in [-0.15, -0.1) is 0 Å². The van der Waals surface area contributed by atoms with Gasteiger partial charge in [0.2, 0.25) is 11.8 Å². The van der Waals surface area contributed by atoms with Crippen LogP contribution in [-0.4, -0.2) is 57.2 Å². The van der Waals surface area contributed by atoms with Crippen LogP contribution < -0.4 is 0 Å². The Bertz CT molecular complexity index is 704. The smallest absolute Gasteiger partial charge is 0.227 e. The summed E-state index contributed by atoms with van der Waals surface area (Å²) in [7, 11) is 0. The highest BCUT2D eigenvalue weighted by Gasteiger charge is 2.23. The molecule has 1 fully saturated rings. The lowest BCUT2D eigenvalue weighted by Crippen LogP contribution is -2.36. The van der Waals surface area contributed by atoms with Gasteiger partial charge in [0.15, 0.2) is 5.82 Å². The lowest BCUT2D eigenvalue weighted by Gasteiger charge is -2.23. The number of ether oxygens (including phenoxy) is 1. The van der Waals surface area contributed by atoms with E-state index >= 15 is 0 Å². The highest BCUT2D eigenvalue weighted by atomic mass is 16.5. The Balaban J connectivity index is 1.53. The van der Waals surface area contributed by atoms with Gasteiger partial charge in [-0.3, -0.25) is 4.79 Å². The van der Waals surface area contributed by atoms with Crippen molar-refractivity contribution in [1.82, 2.24) is 25.0 Å². The van der Waals surface area contributed by atoms with Crippen molar-refractivity contribution in [2.45, 2.75) is 39.0 Å². The summed E-state index contributed by atoms with van der Waals surface area (Å²) >= 11 is 0. The third-order valence-corrected chi connectivity index (χ3v) is 4.38. The number of rotatable bonds is 6. The molecule has 3 heterocycles. The number of hydrogen-bond acceptors (Lipinski definition) is 7. The minimum Gasteiger partial charge on any atom is -0.379 e. The van der Waals surface area contributed by atoms with Crippen LogP contribution in [0.15, 0.2) is 23.1 Å². The maximum Gasteiger partial charge on any atom is 0.227 e. The van der Waals surface area contributed by atoms with Gasteiger partial charge in [-0.1, -0.05) is 19.0 Å². The highest BCUT2D eigenvalue weighted by molar-refractivity contribution is 5.76. The van der Waals surface area contributed by atoms with Crippen LogP contribution in [0.5, 0.6) is 0 Å². The molecule has 8 heteroatoms. The minimum atomic E-state index is 0.0903. The van der Waals surface area contributed by atoms with Gasteiger partial charge in [0.05, 0.1) is 13.2 Å². The number of nitrogens with zero attached hydrogens (tertiary/aromatic N) is 5. The average Bonchev–Trinajstić information content (AvgIpc) is 3.00. The van der Waals surface area contributed by atoms with Crippen molar-refractivity contribution >= 4 is 5.91 Å². The summed E-state index contributed by atoms with van der Waals surface area (Å²) < 4.78 is 10.9. The molecule has 1 atom stereocenters. The van der Waals surface area contributed by atoms with Crippen LogP contribution in [0.3, 0.4) is 0 Å². The molecule has 0 bridgehead atoms. The van der Waals surface area contributed by atoms with E-state index in [0.717, 1.165) is 12.1 Å². The predicted molar refractivity (Wildman–Crippen MR) is 93.3 cm³/mol. The van der Waals surface area contributed by atoms with E-state index in [1.807, 2.05) is 24.8 Å². The second kappa shape index (κ2) is 8.84. The van der Waals surface area contributed by atoms with E-state index in [1.165, 1.54) is 0 Å². The quantitative estimate of drug-likeness (QED) is 0.774. The summed E-state index contributed by atoms with van der Waals surface area (Å²) in [5, 5.41) is 3.94. The van der Waals surface area contributed by atoms with E-state index in [-0.39, 0.29) is 17.7 Å². The first-order valence-corrected chi connectivity index (χ1v) is 9.04. The Morgan fingerprint density at radius 1 is 1.42 bits per heavy atom. The third kappa shape index (κ3) is 5.08. The highest BCUT2D eigenvalue weighted by Crippen LogP contribution is 2.15. The molecule has 26 heavy (non-hydrogen) atoms. The van der Waals surface area contributed by atoms with E-state index in [0.29, 0.717) is 50.9 Å². The molecular formula is C18H25N5O3. The van der Waals surface area contributed by atoms with Crippen molar-refractivity contribution in [3.05, 3.63) is 36.0 Å². The number of aryl methyl sites for hydroxylation is 1. The summed E-state index contributed by atoms with van der Waals surface area (Å²) in [6.45, 7) is 6.49. The lowest BCUT2D eigenvalue weighted by atomic mass is 10.0. The first kappa shape index (κ1) is 18.4. The van der Waals surface area contributed by atoms with Crippen LogP contribution in [0, 0.1) is 5.92 Å². The molecule has 2 aromatic rings. The van der Waals surface area contributed by atoms with Gasteiger partial charge in [-0.2, -0.15) is 4.98 Å². The van der Waals surface area contributed by atoms with Gasteiger partial charge < -0.3 is 14.2 Å². The third-order valence-electron chi connectivity index (χ3n) is 4.38. The van der Waals surface area contributed by atoms with Gasteiger partial charge >= 0.3 is 0 Å². The monoisotopic (exact) mass is 359 g/mol. The summed E-state index contributed by atoms with van der Waals surface area (Å²) in [6, 6.07) is 1.90. The zero-order valence-corrected chi connectivity index (χ0v) is 15.3. The fourth-order valence-electron chi connectivity index (χ4n) is 2.94. The number of amides is 1. The molecule has 1 aliphatic heterocycles. The second-order valence-corrected chi connectivity index (χ2v) is 6.89. The number of aromatic nitrogens is 4. The summed E-state index contributed by atoms with van der Waals surface area (Å²) in [4.78, 5) is 27.0. The molecule has 1 saturated heterocycles. The summed E-state index contributed by atoms with van der Waals surface area (Å²) in [5.41, 5.74) is 0.968. The van der Waals surface area contributed by atoms with Gasteiger partial charge in [-0.25, -0.2) is 9.97 Å². The number of carbonyl (C=O) groups is 1. The number of carbonyl (C=O) groups excluding carboxylic acids is 1. The van der Waals surface area contributed by atoms with Crippen LogP contribution in [0.25, 0.3) is 0 Å².